The van der Waals surface area contributed by atoms with Crippen molar-refractivity contribution in [2.75, 3.05) is 11.5 Å². The Kier molecular flexibility index (Phi) is 3.24. The molecule has 0 saturated carbocycles. The Labute approximate surface area is 137 Å². The molecular formula is C15H12N2O6S. The monoisotopic (exact) mass is 348 g/mol. The third kappa shape index (κ3) is 2.48. The molecule has 2 aromatic heterocycles. The zero-order valence-corrected chi connectivity index (χ0v) is 13.3. The highest BCUT2D eigenvalue weighted by molar-refractivity contribution is 7.92. The first-order valence-corrected chi connectivity index (χ1v) is 8.45. The first-order valence-electron chi connectivity index (χ1n) is 6.97. The van der Waals surface area contributed by atoms with Crippen LogP contribution in [0.1, 0.15) is 5.76 Å². The van der Waals surface area contributed by atoms with Gasteiger partial charge in [-0.2, -0.15) is 0 Å². The normalized spacial score (nSPS) is 13.2. The molecular weight excluding hydrogens is 336 g/mol. The van der Waals surface area contributed by atoms with Crippen molar-refractivity contribution in [3.63, 3.8) is 0 Å². The maximum Gasteiger partial charge on any atom is 0.265 e. The summed E-state index contributed by atoms with van der Waals surface area (Å²) < 4.78 is 48.6. The smallest absolute Gasteiger partial charge is 0.265 e. The lowest BCUT2D eigenvalue weighted by Crippen LogP contribution is -2.13. The molecule has 0 atom stereocenters. The molecule has 1 aromatic carbocycles. The fourth-order valence-corrected chi connectivity index (χ4v) is 3.60. The van der Waals surface area contributed by atoms with E-state index in [0.29, 0.717) is 22.9 Å². The van der Waals surface area contributed by atoms with Crippen LogP contribution in [0.25, 0.3) is 11.5 Å². The number of nitrogens with zero attached hydrogens (tertiary/aromatic N) is 1. The number of aryl methyl sites for hydroxylation is 1. The molecule has 0 unspecified atom stereocenters. The number of benzene rings is 1. The molecule has 24 heavy (non-hydrogen) atoms. The van der Waals surface area contributed by atoms with Crippen molar-refractivity contribution in [3.8, 4) is 23.0 Å². The number of nitrogens with one attached hydrogen (secondary N) is 1. The van der Waals surface area contributed by atoms with E-state index in [9.17, 15) is 8.42 Å². The SMILES string of the molecule is Cc1oc(-c2ccno2)cc1S(=O)(=O)Nc1ccc2c(c1)OCO2. The minimum Gasteiger partial charge on any atom is -0.456 e. The van der Waals surface area contributed by atoms with Gasteiger partial charge in [0, 0.05) is 18.2 Å². The summed E-state index contributed by atoms with van der Waals surface area (Å²) in [5, 5.41) is 3.57. The average Bonchev–Trinajstić information content (AvgIpc) is 3.26. The van der Waals surface area contributed by atoms with E-state index in [1.807, 2.05) is 0 Å². The summed E-state index contributed by atoms with van der Waals surface area (Å²) in [6.07, 6.45) is 1.45. The average molecular weight is 348 g/mol. The number of anilines is 1. The molecule has 0 amide bonds. The van der Waals surface area contributed by atoms with Crippen molar-refractivity contribution >= 4 is 15.7 Å². The Hall–Kier alpha value is -2.94. The van der Waals surface area contributed by atoms with E-state index in [2.05, 4.69) is 9.88 Å². The predicted molar refractivity (Wildman–Crippen MR) is 82.3 cm³/mol. The number of hydrogen-bond donors (Lipinski definition) is 1. The summed E-state index contributed by atoms with van der Waals surface area (Å²) in [4.78, 5) is 0.0200. The van der Waals surface area contributed by atoms with Crippen LogP contribution in [0.4, 0.5) is 5.69 Å². The van der Waals surface area contributed by atoms with Crippen LogP contribution in [0.3, 0.4) is 0 Å². The maximum absolute atomic E-state index is 12.6. The Bertz CT molecular complexity index is 991. The summed E-state index contributed by atoms with van der Waals surface area (Å²) in [6, 6.07) is 7.78. The highest BCUT2D eigenvalue weighted by Gasteiger charge is 2.24. The molecule has 0 spiro atoms. The molecule has 8 nitrogen and oxygen atoms in total. The zero-order valence-electron chi connectivity index (χ0n) is 12.5. The third-order valence-electron chi connectivity index (χ3n) is 3.47. The van der Waals surface area contributed by atoms with E-state index < -0.39 is 10.0 Å². The van der Waals surface area contributed by atoms with Gasteiger partial charge in [-0.15, -0.1) is 0 Å². The zero-order chi connectivity index (χ0) is 16.7. The van der Waals surface area contributed by atoms with Crippen LogP contribution >= 0.6 is 0 Å². The van der Waals surface area contributed by atoms with Crippen LogP contribution in [0.15, 0.2) is 50.4 Å². The van der Waals surface area contributed by atoms with Crippen molar-refractivity contribution < 1.29 is 26.8 Å². The highest BCUT2D eigenvalue weighted by Crippen LogP contribution is 2.35. The van der Waals surface area contributed by atoms with Crippen molar-refractivity contribution in [2.45, 2.75) is 11.8 Å². The molecule has 124 valence electrons. The first kappa shape index (κ1) is 14.6. The van der Waals surface area contributed by atoms with Crippen molar-refractivity contribution in [2.24, 2.45) is 0 Å². The number of aromatic nitrogens is 1. The second kappa shape index (κ2) is 5.31. The molecule has 1 aliphatic heterocycles. The van der Waals surface area contributed by atoms with Crippen molar-refractivity contribution in [1.82, 2.24) is 5.16 Å². The molecule has 9 heteroatoms. The molecule has 0 fully saturated rings. The second-order valence-electron chi connectivity index (χ2n) is 5.08. The Morgan fingerprint density at radius 3 is 2.71 bits per heavy atom. The summed E-state index contributed by atoms with van der Waals surface area (Å²) in [5.74, 6) is 1.94. The van der Waals surface area contributed by atoms with Crippen LogP contribution in [0.2, 0.25) is 0 Å². The lowest BCUT2D eigenvalue weighted by Gasteiger charge is -2.07. The molecule has 1 aliphatic rings. The standard InChI is InChI=1S/C15H12N2O6S/c1-9-15(7-14(22-9)12-4-5-16-23-12)24(18,19)17-10-2-3-11-13(6-10)21-8-20-11/h2-7,17H,8H2,1H3. The molecule has 4 rings (SSSR count). The van der Waals surface area contributed by atoms with Crippen LogP contribution in [-0.2, 0) is 10.0 Å². The molecule has 0 bridgehead atoms. The van der Waals surface area contributed by atoms with Gasteiger partial charge in [0.2, 0.25) is 12.6 Å². The topological polar surface area (TPSA) is 104 Å². The van der Waals surface area contributed by atoms with Gasteiger partial charge in [-0.1, -0.05) is 5.16 Å². The van der Waals surface area contributed by atoms with Gasteiger partial charge in [0.05, 0.1) is 11.9 Å². The minimum atomic E-state index is -3.83. The van der Waals surface area contributed by atoms with Gasteiger partial charge in [0.1, 0.15) is 10.7 Å². The molecule has 3 aromatic rings. The number of ether oxygens (including phenoxy) is 2. The third-order valence-corrected chi connectivity index (χ3v) is 4.96. The number of hydrogen-bond acceptors (Lipinski definition) is 7. The van der Waals surface area contributed by atoms with E-state index in [1.54, 1.807) is 31.2 Å². The van der Waals surface area contributed by atoms with E-state index in [0.717, 1.165) is 0 Å². The minimum absolute atomic E-state index is 0.0200. The summed E-state index contributed by atoms with van der Waals surface area (Å²) in [5.41, 5.74) is 0.362. The van der Waals surface area contributed by atoms with Gasteiger partial charge in [-0.3, -0.25) is 4.72 Å². The van der Waals surface area contributed by atoms with Crippen molar-refractivity contribution in [1.29, 1.82) is 0 Å². The largest absolute Gasteiger partial charge is 0.456 e. The molecule has 3 heterocycles. The number of rotatable bonds is 4. The summed E-state index contributed by atoms with van der Waals surface area (Å²) in [7, 11) is -3.83. The number of sulfonamides is 1. The van der Waals surface area contributed by atoms with E-state index in [4.69, 9.17) is 18.4 Å². The number of furan rings is 1. The van der Waals surface area contributed by atoms with Gasteiger partial charge in [-0.05, 0) is 19.1 Å². The van der Waals surface area contributed by atoms with Gasteiger partial charge in [0.25, 0.3) is 10.0 Å². The molecule has 0 aliphatic carbocycles. The quantitative estimate of drug-likeness (QED) is 0.773. The van der Waals surface area contributed by atoms with Crippen LogP contribution in [-0.4, -0.2) is 20.4 Å². The van der Waals surface area contributed by atoms with E-state index in [-0.39, 0.29) is 23.2 Å². The molecule has 0 saturated heterocycles. The lowest BCUT2D eigenvalue weighted by atomic mass is 10.3. The van der Waals surface area contributed by atoms with Gasteiger partial charge < -0.3 is 18.4 Å². The van der Waals surface area contributed by atoms with Gasteiger partial charge in [-0.25, -0.2) is 8.42 Å². The van der Waals surface area contributed by atoms with Gasteiger partial charge >= 0.3 is 0 Å². The number of fused-ring (bicyclic) bond motifs is 1. The second-order valence-corrected chi connectivity index (χ2v) is 6.73. The molecule has 1 N–H and O–H groups in total. The van der Waals surface area contributed by atoms with Crippen molar-refractivity contribution in [3.05, 3.63) is 42.3 Å². The van der Waals surface area contributed by atoms with Crippen LogP contribution < -0.4 is 14.2 Å². The van der Waals surface area contributed by atoms with Crippen LogP contribution in [0, 0.1) is 6.92 Å². The van der Waals surface area contributed by atoms with E-state index in [1.165, 1.54) is 12.3 Å². The van der Waals surface area contributed by atoms with Gasteiger partial charge in [0.15, 0.2) is 17.3 Å². The highest BCUT2D eigenvalue weighted by atomic mass is 32.2. The van der Waals surface area contributed by atoms with E-state index >= 15 is 0 Å². The fourth-order valence-electron chi connectivity index (χ4n) is 2.37. The molecule has 0 radical (unpaired) electrons. The Balaban J connectivity index is 1.66. The van der Waals surface area contributed by atoms with Crippen LogP contribution in [0.5, 0.6) is 11.5 Å². The maximum atomic E-state index is 12.6. The predicted octanol–water partition coefficient (Wildman–Crippen LogP) is 2.77. The summed E-state index contributed by atoms with van der Waals surface area (Å²) in [6.45, 7) is 1.68. The lowest BCUT2D eigenvalue weighted by molar-refractivity contribution is 0.174. The Morgan fingerprint density at radius 2 is 1.92 bits per heavy atom. The Morgan fingerprint density at radius 1 is 1.08 bits per heavy atom. The first-order chi connectivity index (χ1) is 11.5. The fraction of sp³-hybridized carbons (Fsp3) is 0.133. The summed E-state index contributed by atoms with van der Waals surface area (Å²) >= 11 is 0.